The molecule has 3 rings (SSSR count). The van der Waals surface area contributed by atoms with E-state index >= 15 is 0 Å². The van der Waals surface area contributed by atoms with E-state index in [0.29, 0.717) is 5.69 Å². The van der Waals surface area contributed by atoms with E-state index in [0.717, 1.165) is 20.9 Å². The van der Waals surface area contributed by atoms with Crippen molar-refractivity contribution in [1.29, 1.82) is 0 Å². The Balaban J connectivity index is 1.95. The highest BCUT2D eigenvalue weighted by Gasteiger charge is 2.09. The molecule has 1 heterocycles. The molecule has 0 aliphatic carbocycles. The van der Waals surface area contributed by atoms with Crippen molar-refractivity contribution in [3.05, 3.63) is 58.1 Å². The lowest BCUT2D eigenvalue weighted by atomic mass is 10.2. The first-order valence-corrected chi connectivity index (χ1v) is 6.83. The smallest absolute Gasteiger partial charge is 0.271 e. The topological polar surface area (TPSA) is 68.1 Å². The fourth-order valence-electron chi connectivity index (χ4n) is 1.96. The third-order valence-corrected chi connectivity index (χ3v) is 3.87. The molecule has 0 fully saturated rings. The number of fused-ring (bicyclic) bond motifs is 1. The minimum Gasteiger partial charge on any atom is -0.331 e. The molecule has 6 heteroatoms. The van der Waals surface area contributed by atoms with Gasteiger partial charge in [0.15, 0.2) is 5.13 Å². The fourth-order valence-corrected chi connectivity index (χ4v) is 2.92. The lowest BCUT2D eigenvalue weighted by molar-refractivity contribution is -0.384. The van der Waals surface area contributed by atoms with E-state index in [1.165, 1.54) is 23.5 Å². The summed E-state index contributed by atoms with van der Waals surface area (Å²) >= 11 is 1.53. The zero-order valence-electron chi connectivity index (χ0n) is 10.7. The number of non-ortho nitro benzene ring substituents is 1. The van der Waals surface area contributed by atoms with Crippen molar-refractivity contribution in [2.24, 2.45) is 0 Å². The minimum absolute atomic E-state index is 0.0623. The number of thiazole rings is 1. The van der Waals surface area contributed by atoms with Gasteiger partial charge in [0, 0.05) is 17.8 Å². The number of para-hydroxylation sites is 1. The first-order valence-electron chi connectivity index (χ1n) is 6.01. The van der Waals surface area contributed by atoms with E-state index in [1.54, 1.807) is 12.1 Å². The monoisotopic (exact) mass is 285 g/mol. The van der Waals surface area contributed by atoms with Gasteiger partial charge in [0.1, 0.15) is 0 Å². The molecule has 0 saturated heterocycles. The van der Waals surface area contributed by atoms with Crippen LogP contribution in [-0.4, -0.2) is 9.91 Å². The molecule has 0 radical (unpaired) electrons. The average molecular weight is 285 g/mol. The highest BCUT2D eigenvalue weighted by atomic mass is 32.1. The lowest BCUT2D eigenvalue weighted by Gasteiger charge is -2.01. The SMILES string of the molecule is Cc1cccc2sc(Nc3cccc([N+](=O)[O-])c3)nc12. The highest BCUT2D eigenvalue weighted by molar-refractivity contribution is 7.22. The van der Waals surface area contributed by atoms with Crippen LogP contribution >= 0.6 is 11.3 Å². The molecule has 100 valence electrons. The van der Waals surface area contributed by atoms with Crippen LogP contribution in [0.15, 0.2) is 42.5 Å². The lowest BCUT2D eigenvalue weighted by Crippen LogP contribution is -1.92. The number of nitro benzene ring substituents is 1. The van der Waals surface area contributed by atoms with Crippen LogP contribution in [0.3, 0.4) is 0 Å². The van der Waals surface area contributed by atoms with E-state index in [1.807, 2.05) is 25.1 Å². The van der Waals surface area contributed by atoms with E-state index in [2.05, 4.69) is 10.3 Å². The Bertz CT molecular complexity index is 798. The number of benzene rings is 2. The molecule has 1 N–H and O–H groups in total. The summed E-state index contributed by atoms with van der Waals surface area (Å²) in [6, 6.07) is 12.4. The summed E-state index contributed by atoms with van der Waals surface area (Å²) in [4.78, 5) is 14.9. The molecule has 2 aromatic carbocycles. The second kappa shape index (κ2) is 4.90. The largest absolute Gasteiger partial charge is 0.331 e. The second-order valence-electron chi connectivity index (χ2n) is 4.37. The van der Waals surface area contributed by atoms with Gasteiger partial charge in [-0.3, -0.25) is 10.1 Å². The molecule has 0 spiro atoms. The zero-order chi connectivity index (χ0) is 14.1. The molecular weight excluding hydrogens is 274 g/mol. The average Bonchev–Trinajstić information content (AvgIpc) is 2.83. The summed E-state index contributed by atoms with van der Waals surface area (Å²) in [6.07, 6.45) is 0. The number of nitrogens with one attached hydrogen (secondary N) is 1. The standard InChI is InChI=1S/C14H11N3O2S/c1-9-4-2-7-12-13(9)16-14(20-12)15-10-5-3-6-11(8-10)17(18)19/h2-8H,1H3,(H,15,16). The van der Waals surface area contributed by atoms with Crippen LogP contribution in [0.2, 0.25) is 0 Å². The predicted molar refractivity (Wildman–Crippen MR) is 80.7 cm³/mol. The molecule has 5 nitrogen and oxygen atoms in total. The van der Waals surface area contributed by atoms with Crippen LogP contribution in [0.5, 0.6) is 0 Å². The van der Waals surface area contributed by atoms with Gasteiger partial charge in [-0.05, 0) is 24.6 Å². The van der Waals surface area contributed by atoms with Crippen LogP contribution in [0.25, 0.3) is 10.2 Å². The zero-order valence-corrected chi connectivity index (χ0v) is 11.5. The summed E-state index contributed by atoms with van der Waals surface area (Å²) in [5.74, 6) is 0. The number of hydrogen-bond acceptors (Lipinski definition) is 5. The molecular formula is C14H11N3O2S. The van der Waals surface area contributed by atoms with Gasteiger partial charge in [0.2, 0.25) is 0 Å². The Morgan fingerprint density at radius 1 is 1.25 bits per heavy atom. The summed E-state index contributed by atoms with van der Waals surface area (Å²) in [5.41, 5.74) is 2.81. The van der Waals surface area contributed by atoms with E-state index in [9.17, 15) is 10.1 Å². The number of aryl methyl sites for hydroxylation is 1. The molecule has 0 unspecified atom stereocenters. The van der Waals surface area contributed by atoms with Gasteiger partial charge in [0.25, 0.3) is 5.69 Å². The predicted octanol–water partition coefficient (Wildman–Crippen LogP) is 4.26. The number of aromatic nitrogens is 1. The quantitative estimate of drug-likeness (QED) is 0.576. The van der Waals surface area contributed by atoms with E-state index < -0.39 is 4.92 Å². The van der Waals surface area contributed by atoms with Crippen LogP contribution in [0.4, 0.5) is 16.5 Å². The van der Waals surface area contributed by atoms with Crippen LogP contribution in [0.1, 0.15) is 5.56 Å². The number of nitrogens with zero attached hydrogens (tertiary/aromatic N) is 2. The Kier molecular flexibility index (Phi) is 3.08. The third-order valence-electron chi connectivity index (χ3n) is 2.93. The maximum Gasteiger partial charge on any atom is 0.271 e. The van der Waals surface area contributed by atoms with E-state index in [-0.39, 0.29) is 5.69 Å². The van der Waals surface area contributed by atoms with Crippen molar-refractivity contribution >= 4 is 38.1 Å². The number of rotatable bonds is 3. The van der Waals surface area contributed by atoms with Crippen LogP contribution < -0.4 is 5.32 Å². The summed E-state index contributed by atoms with van der Waals surface area (Å²) in [7, 11) is 0. The van der Waals surface area contributed by atoms with Crippen molar-refractivity contribution in [1.82, 2.24) is 4.98 Å². The molecule has 0 aliphatic heterocycles. The van der Waals surface area contributed by atoms with Crippen molar-refractivity contribution in [2.45, 2.75) is 6.92 Å². The molecule has 1 aromatic heterocycles. The molecule has 3 aromatic rings. The Labute approximate surface area is 119 Å². The van der Waals surface area contributed by atoms with Gasteiger partial charge in [-0.2, -0.15) is 0 Å². The minimum atomic E-state index is -0.409. The maximum atomic E-state index is 10.8. The van der Waals surface area contributed by atoms with Crippen LogP contribution in [-0.2, 0) is 0 Å². The van der Waals surface area contributed by atoms with Crippen molar-refractivity contribution in [2.75, 3.05) is 5.32 Å². The van der Waals surface area contributed by atoms with Gasteiger partial charge >= 0.3 is 0 Å². The Hall–Kier alpha value is -2.47. The van der Waals surface area contributed by atoms with Gasteiger partial charge in [0.05, 0.1) is 15.1 Å². The highest BCUT2D eigenvalue weighted by Crippen LogP contribution is 2.30. The summed E-state index contributed by atoms with van der Waals surface area (Å²) < 4.78 is 1.10. The van der Waals surface area contributed by atoms with E-state index in [4.69, 9.17) is 0 Å². The molecule has 20 heavy (non-hydrogen) atoms. The molecule has 0 amide bonds. The molecule has 0 saturated carbocycles. The molecule has 0 aliphatic rings. The normalized spacial score (nSPS) is 10.7. The molecule has 0 bridgehead atoms. The van der Waals surface area contributed by atoms with Gasteiger partial charge in [-0.1, -0.05) is 29.5 Å². The van der Waals surface area contributed by atoms with Crippen LogP contribution in [0, 0.1) is 17.0 Å². The van der Waals surface area contributed by atoms with Gasteiger partial charge in [-0.25, -0.2) is 4.98 Å². The Morgan fingerprint density at radius 3 is 2.80 bits per heavy atom. The third kappa shape index (κ3) is 2.33. The molecule has 0 atom stereocenters. The van der Waals surface area contributed by atoms with Gasteiger partial charge in [-0.15, -0.1) is 0 Å². The van der Waals surface area contributed by atoms with Crippen molar-refractivity contribution < 1.29 is 4.92 Å². The van der Waals surface area contributed by atoms with Crippen molar-refractivity contribution in [3.8, 4) is 0 Å². The Morgan fingerprint density at radius 2 is 2.05 bits per heavy atom. The number of anilines is 2. The number of hydrogen-bond donors (Lipinski definition) is 1. The first kappa shape index (κ1) is 12.6. The summed E-state index contributed by atoms with van der Waals surface area (Å²) in [6.45, 7) is 2.01. The first-order chi connectivity index (χ1) is 9.63. The van der Waals surface area contributed by atoms with Crippen molar-refractivity contribution in [3.63, 3.8) is 0 Å². The number of nitro groups is 1. The summed E-state index contributed by atoms with van der Waals surface area (Å²) in [5, 5.41) is 14.6. The van der Waals surface area contributed by atoms with Gasteiger partial charge < -0.3 is 5.32 Å². The fraction of sp³-hybridized carbons (Fsp3) is 0.0714. The maximum absolute atomic E-state index is 10.8. The second-order valence-corrected chi connectivity index (χ2v) is 5.40.